The van der Waals surface area contributed by atoms with Gasteiger partial charge in [0.15, 0.2) is 5.82 Å². The third-order valence-corrected chi connectivity index (χ3v) is 8.16. The minimum atomic E-state index is -0.911. The number of hydrogen-bond donors (Lipinski definition) is 5. The van der Waals surface area contributed by atoms with Crippen LogP contribution in [0, 0.1) is 16.2 Å². The van der Waals surface area contributed by atoms with Crippen LogP contribution >= 0.6 is 0 Å². The number of aliphatic hydroxyl groups excluding tert-OH is 2. The van der Waals surface area contributed by atoms with E-state index in [1.807, 2.05) is 6.92 Å². The normalized spacial score (nSPS) is 25.7. The third kappa shape index (κ3) is 6.36. The van der Waals surface area contributed by atoms with E-state index in [0.29, 0.717) is 37.7 Å². The highest BCUT2D eigenvalue weighted by Crippen LogP contribution is 2.48. The first-order valence-corrected chi connectivity index (χ1v) is 14.0. The molecule has 1 aromatic rings. The van der Waals surface area contributed by atoms with Gasteiger partial charge >= 0.3 is 0 Å². The summed E-state index contributed by atoms with van der Waals surface area (Å²) in [7, 11) is 2.07. The van der Waals surface area contributed by atoms with Gasteiger partial charge in [-0.3, -0.25) is 20.5 Å². The Balaban J connectivity index is 1.67. The smallest absolute Gasteiger partial charge is 0.217 e. The van der Waals surface area contributed by atoms with E-state index in [0.717, 1.165) is 32.2 Å². The maximum absolute atomic E-state index is 12.9. The van der Waals surface area contributed by atoms with Gasteiger partial charge in [0.2, 0.25) is 5.88 Å². The van der Waals surface area contributed by atoms with E-state index in [9.17, 15) is 15.0 Å². The molecule has 2 aliphatic carbocycles. The van der Waals surface area contributed by atoms with E-state index >= 15 is 0 Å². The Morgan fingerprint density at radius 1 is 1.26 bits per heavy atom. The Kier molecular flexibility index (Phi) is 9.12. The lowest BCUT2D eigenvalue weighted by Gasteiger charge is -2.39. The van der Waals surface area contributed by atoms with Crippen molar-refractivity contribution >= 4 is 23.4 Å². The Morgan fingerprint density at radius 2 is 2.03 bits per heavy atom. The van der Waals surface area contributed by atoms with Crippen molar-refractivity contribution in [3.63, 3.8) is 0 Å². The molecule has 212 valence electrons. The third-order valence-electron chi connectivity index (χ3n) is 8.16. The van der Waals surface area contributed by atoms with Crippen molar-refractivity contribution in [3.8, 4) is 5.88 Å². The van der Waals surface area contributed by atoms with E-state index in [1.165, 1.54) is 6.21 Å². The highest BCUT2D eigenvalue weighted by atomic mass is 16.5. The van der Waals surface area contributed by atoms with Crippen LogP contribution in [0.25, 0.3) is 0 Å². The number of ether oxygens (including phenoxy) is 1. The highest BCUT2D eigenvalue weighted by Gasteiger charge is 2.47. The molecule has 3 aliphatic rings. The molecule has 1 spiro atoms. The van der Waals surface area contributed by atoms with Crippen molar-refractivity contribution in [2.45, 2.75) is 89.9 Å². The van der Waals surface area contributed by atoms with Gasteiger partial charge in [-0.25, -0.2) is 4.98 Å². The van der Waals surface area contributed by atoms with Gasteiger partial charge in [0.25, 0.3) is 0 Å². The van der Waals surface area contributed by atoms with Crippen molar-refractivity contribution in [1.82, 2.24) is 20.3 Å². The molecule has 1 aromatic heterocycles. The fraction of sp³-hybridized carbons (Fsp3) is 0.643. The average molecular weight is 540 g/mol. The van der Waals surface area contributed by atoms with Crippen molar-refractivity contribution in [2.75, 3.05) is 20.1 Å². The zero-order valence-electron chi connectivity index (χ0n) is 23.2. The van der Waals surface area contributed by atoms with Crippen LogP contribution in [0.5, 0.6) is 5.88 Å². The number of nitrogens with zero attached hydrogens (tertiary/aromatic N) is 4. The number of nitrogens with one attached hydrogen (secondary N) is 3. The summed E-state index contributed by atoms with van der Waals surface area (Å²) in [6.07, 6.45) is 7.09. The summed E-state index contributed by atoms with van der Waals surface area (Å²) in [6, 6.07) is 1.78. The zero-order valence-corrected chi connectivity index (χ0v) is 23.2. The predicted octanol–water partition coefficient (Wildman–Crippen LogP) is 3.16. The summed E-state index contributed by atoms with van der Waals surface area (Å²) in [6.45, 7) is 4.85. The Morgan fingerprint density at radius 3 is 2.72 bits per heavy atom. The molecule has 4 rings (SSSR count). The monoisotopic (exact) mass is 539 g/mol. The van der Waals surface area contributed by atoms with Crippen LogP contribution in [0.4, 0.5) is 0 Å². The van der Waals surface area contributed by atoms with Crippen LogP contribution in [0.15, 0.2) is 22.5 Å². The summed E-state index contributed by atoms with van der Waals surface area (Å²) in [4.78, 5) is 24.2. The quantitative estimate of drug-likeness (QED) is 0.223. The molecule has 1 saturated heterocycles. The lowest BCUT2D eigenvalue weighted by Crippen LogP contribution is -2.39. The molecule has 2 fully saturated rings. The van der Waals surface area contributed by atoms with Gasteiger partial charge < -0.3 is 20.4 Å². The number of aromatic nitrogens is 2. The number of ketones is 1. The van der Waals surface area contributed by atoms with Crippen molar-refractivity contribution in [3.05, 3.63) is 28.9 Å². The molecular weight excluding hydrogens is 498 g/mol. The van der Waals surface area contributed by atoms with E-state index in [-0.39, 0.29) is 59.1 Å². The highest BCUT2D eigenvalue weighted by molar-refractivity contribution is 6.36. The lowest BCUT2D eigenvalue weighted by molar-refractivity contribution is -0.131. The van der Waals surface area contributed by atoms with E-state index in [1.54, 1.807) is 13.0 Å². The second-order valence-electron chi connectivity index (χ2n) is 11.1. The lowest BCUT2D eigenvalue weighted by atomic mass is 9.64. The molecule has 4 atom stereocenters. The summed E-state index contributed by atoms with van der Waals surface area (Å²) >= 11 is 0. The predicted molar refractivity (Wildman–Crippen MR) is 149 cm³/mol. The summed E-state index contributed by atoms with van der Waals surface area (Å²) in [5.74, 6) is 0.306. The second-order valence-corrected chi connectivity index (χ2v) is 11.1. The number of allylic oxidation sites excluding steroid dienone is 2. The fourth-order valence-corrected chi connectivity index (χ4v) is 5.97. The maximum atomic E-state index is 12.9. The Hall–Kier alpha value is -3.18. The minimum Gasteiger partial charge on any atom is -0.511 e. The van der Waals surface area contributed by atoms with Crippen LogP contribution in [0.1, 0.15) is 83.2 Å². The van der Waals surface area contributed by atoms with E-state index in [2.05, 4.69) is 32.4 Å². The second kappa shape index (κ2) is 12.3. The van der Waals surface area contributed by atoms with E-state index < -0.39 is 11.5 Å². The summed E-state index contributed by atoms with van der Waals surface area (Å²) in [5.41, 5.74) is 2.30. The number of aliphatic hydroxyl groups is 2. The molecule has 0 amide bonds. The molecule has 0 bridgehead atoms. The largest absolute Gasteiger partial charge is 0.511 e. The van der Waals surface area contributed by atoms with Gasteiger partial charge in [-0.15, -0.1) is 0 Å². The molecule has 5 N–H and O–H groups in total. The summed E-state index contributed by atoms with van der Waals surface area (Å²) in [5, 5.41) is 42.2. The SMILES string of the molecule is C[C@H](O)CN/N=C\C(=N)c1cc(O[C@@H](C)[C@@H]2CCCN2C)nc(C(=N)C2=C(O)[C@]3(CCCCC3=O)CCC2)n1. The van der Waals surface area contributed by atoms with Gasteiger partial charge in [-0.05, 0) is 72.4 Å². The van der Waals surface area contributed by atoms with Gasteiger partial charge in [0, 0.05) is 24.1 Å². The van der Waals surface area contributed by atoms with Crippen LogP contribution < -0.4 is 10.2 Å². The minimum absolute atomic E-state index is 0.0140. The molecular formula is C28H41N7O4. The number of carbonyl (C=O) groups excluding carboxylic acids is 1. The standard InChI is InChI=1S/C28H41N7O4/c1-17(36)15-31-32-16-20(29)21-14-24(39-18(2)22-9-7-13-35(22)3)34-27(33-21)25(30)19-8-6-12-28(26(19)38)11-5-4-10-23(28)37/h14,16-18,22,29-31,36,38H,4-13,15H2,1-3H3/b29-20?,30-25?,32-16-/t17-,18-,22-,28+/m0/s1. The summed E-state index contributed by atoms with van der Waals surface area (Å²) < 4.78 is 6.24. The first-order chi connectivity index (χ1) is 18.6. The average Bonchev–Trinajstić information content (AvgIpc) is 3.35. The molecule has 1 aliphatic heterocycles. The molecule has 0 unspecified atom stereocenters. The number of hydrogen-bond acceptors (Lipinski definition) is 11. The van der Waals surface area contributed by atoms with Gasteiger partial charge in [-0.2, -0.15) is 10.1 Å². The molecule has 1 saturated carbocycles. The molecule has 39 heavy (non-hydrogen) atoms. The first-order valence-electron chi connectivity index (χ1n) is 14.0. The van der Waals surface area contributed by atoms with Gasteiger partial charge in [-0.1, -0.05) is 6.42 Å². The number of rotatable bonds is 10. The van der Waals surface area contributed by atoms with Crippen LogP contribution in [-0.4, -0.2) is 86.9 Å². The number of carbonyl (C=O) groups is 1. The molecule has 0 aromatic carbocycles. The van der Waals surface area contributed by atoms with Crippen LogP contribution in [0.2, 0.25) is 0 Å². The zero-order chi connectivity index (χ0) is 28.2. The van der Waals surface area contributed by atoms with Crippen molar-refractivity contribution in [1.29, 1.82) is 10.8 Å². The topological polar surface area (TPSA) is 168 Å². The molecule has 11 heteroatoms. The van der Waals surface area contributed by atoms with E-state index in [4.69, 9.17) is 15.6 Å². The Bertz CT molecular complexity index is 1160. The van der Waals surface area contributed by atoms with Crippen LogP contribution in [0.3, 0.4) is 0 Å². The van der Waals surface area contributed by atoms with Gasteiger partial charge in [0.1, 0.15) is 29.1 Å². The molecule has 2 heterocycles. The van der Waals surface area contributed by atoms with Crippen LogP contribution in [-0.2, 0) is 4.79 Å². The fourth-order valence-electron chi connectivity index (χ4n) is 5.97. The van der Waals surface area contributed by atoms with Gasteiger partial charge in [0.05, 0.1) is 30.0 Å². The number of Topliss-reactive ketones (excluding diaryl/α,β-unsaturated/α-hetero) is 1. The number of likely N-dealkylation sites (tertiary alicyclic amines) is 1. The number of hydrazone groups is 1. The molecule has 0 radical (unpaired) electrons. The number of likely N-dealkylation sites (N-methyl/N-ethyl adjacent to an activating group) is 1. The maximum Gasteiger partial charge on any atom is 0.217 e. The van der Waals surface area contributed by atoms with Crippen molar-refractivity contribution in [2.24, 2.45) is 10.5 Å². The van der Waals surface area contributed by atoms with Crippen molar-refractivity contribution < 1.29 is 19.7 Å². The molecule has 11 nitrogen and oxygen atoms in total. The first kappa shape index (κ1) is 28.8. The Labute approximate surface area is 229 Å².